The molecule has 0 radical (unpaired) electrons. The lowest BCUT2D eigenvalue weighted by Crippen LogP contribution is -2.31. The van der Waals surface area contributed by atoms with Crippen LogP contribution in [-0.4, -0.2) is 17.6 Å². The van der Waals surface area contributed by atoms with E-state index < -0.39 is 30.1 Å². The molecular weight excluding hydrogens is 319 g/mol. The molecule has 1 amide bonds. The van der Waals surface area contributed by atoms with Gasteiger partial charge in [-0.2, -0.15) is 0 Å². The summed E-state index contributed by atoms with van der Waals surface area (Å²) in [6.45, 7) is 1.32. The summed E-state index contributed by atoms with van der Waals surface area (Å²) in [5.74, 6) is -4.76. The number of aliphatic hydroxyl groups excluding tert-OH is 1. The van der Waals surface area contributed by atoms with Crippen LogP contribution in [0.4, 0.5) is 13.2 Å². The monoisotopic (exact) mass is 337 g/mol. The molecule has 0 aromatic heterocycles. The minimum absolute atomic E-state index is 0.0328. The average Bonchev–Trinajstić information content (AvgIpc) is 2.57. The van der Waals surface area contributed by atoms with E-state index in [1.165, 1.54) is 0 Å². The predicted molar refractivity (Wildman–Crippen MR) is 83.8 cm³/mol. The average molecular weight is 337 g/mol. The van der Waals surface area contributed by atoms with Crippen molar-refractivity contribution < 1.29 is 23.1 Å². The molecule has 2 N–H and O–H groups in total. The highest BCUT2D eigenvalue weighted by Gasteiger charge is 2.20. The molecule has 6 heteroatoms. The van der Waals surface area contributed by atoms with Crippen molar-refractivity contribution in [3.05, 3.63) is 71.0 Å². The highest BCUT2D eigenvalue weighted by Crippen LogP contribution is 2.21. The SMILES string of the molecule is CC(CC(=O)NC(CO)c1cc(F)c(F)c(F)c1)c1ccccc1. The molecule has 2 aromatic rings. The fraction of sp³-hybridized carbons (Fsp3) is 0.278. The number of hydrogen-bond acceptors (Lipinski definition) is 2. The predicted octanol–water partition coefficient (Wildman–Crippen LogP) is 3.45. The third kappa shape index (κ3) is 4.35. The summed E-state index contributed by atoms with van der Waals surface area (Å²) < 4.78 is 39.6. The van der Waals surface area contributed by atoms with Crippen LogP contribution in [0.1, 0.15) is 36.4 Å². The van der Waals surface area contributed by atoms with E-state index >= 15 is 0 Å². The van der Waals surface area contributed by atoms with Crippen LogP contribution in [0.5, 0.6) is 0 Å². The molecule has 128 valence electrons. The van der Waals surface area contributed by atoms with Gasteiger partial charge in [-0.25, -0.2) is 13.2 Å². The Labute approximate surface area is 138 Å². The Bertz CT molecular complexity index is 684. The molecule has 0 fully saturated rings. The topological polar surface area (TPSA) is 49.3 Å². The summed E-state index contributed by atoms with van der Waals surface area (Å²) in [5, 5.41) is 11.9. The van der Waals surface area contributed by atoms with Gasteiger partial charge in [0.2, 0.25) is 5.91 Å². The fourth-order valence-corrected chi connectivity index (χ4v) is 2.44. The Balaban J connectivity index is 2.06. The highest BCUT2D eigenvalue weighted by molar-refractivity contribution is 5.77. The molecule has 3 nitrogen and oxygen atoms in total. The van der Waals surface area contributed by atoms with E-state index in [1.54, 1.807) is 0 Å². The van der Waals surface area contributed by atoms with Crippen molar-refractivity contribution in [3.63, 3.8) is 0 Å². The Morgan fingerprint density at radius 2 is 1.67 bits per heavy atom. The molecule has 0 aliphatic rings. The lowest BCUT2D eigenvalue weighted by molar-refractivity contribution is -0.122. The first-order chi connectivity index (χ1) is 11.4. The quantitative estimate of drug-likeness (QED) is 0.793. The number of carbonyl (C=O) groups is 1. The maximum Gasteiger partial charge on any atom is 0.221 e. The van der Waals surface area contributed by atoms with Gasteiger partial charge in [-0.05, 0) is 29.2 Å². The van der Waals surface area contributed by atoms with Crippen molar-refractivity contribution in [1.29, 1.82) is 0 Å². The lowest BCUT2D eigenvalue weighted by Gasteiger charge is -2.19. The minimum Gasteiger partial charge on any atom is -0.394 e. The summed E-state index contributed by atoms with van der Waals surface area (Å²) in [6.07, 6.45) is 0.146. The van der Waals surface area contributed by atoms with Gasteiger partial charge in [0, 0.05) is 6.42 Å². The number of benzene rings is 2. The number of amides is 1. The normalized spacial score (nSPS) is 13.4. The van der Waals surface area contributed by atoms with Crippen molar-refractivity contribution in [2.24, 2.45) is 0 Å². The third-order valence-corrected chi connectivity index (χ3v) is 3.79. The molecule has 0 heterocycles. The second kappa shape index (κ2) is 7.97. The largest absolute Gasteiger partial charge is 0.394 e. The van der Waals surface area contributed by atoms with E-state index in [-0.39, 0.29) is 23.8 Å². The molecule has 2 atom stereocenters. The maximum absolute atomic E-state index is 13.3. The molecule has 0 saturated carbocycles. The number of aliphatic hydroxyl groups is 1. The second-order valence-electron chi connectivity index (χ2n) is 5.62. The second-order valence-corrected chi connectivity index (χ2v) is 5.62. The van der Waals surface area contributed by atoms with Gasteiger partial charge in [0.05, 0.1) is 12.6 Å². The van der Waals surface area contributed by atoms with Crippen LogP contribution in [0.25, 0.3) is 0 Å². The van der Waals surface area contributed by atoms with Gasteiger partial charge in [0.1, 0.15) is 0 Å². The van der Waals surface area contributed by atoms with Crippen molar-refractivity contribution in [2.45, 2.75) is 25.3 Å². The zero-order valence-corrected chi connectivity index (χ0v) is 13.1. The first-order valence-electron chi connectivity index (χ1n) is 7.52. The smallest absolute Gasteiger partial charge is 0.221 e. The summed E-state index contributed by atoms with van der Waals surface area (Å²) in [4.78, 5) is 12.1. The number of halogens is 3. The molecule has 0 aliphatic carbocycles. The number of nitrogens with one attached hydrogen (secondary N) is 1. The van der Waals surface area contributed by atoms with Crippen LogP contribution < -0.4 is 5.32 Å². The minimum atomic E-state index is -1.58. The Morgan fingerprint density at radius 3 is 2.21 bits per heavy atom. The molecule has 0 bridgehead atoms. The third-order valence-electron chi connectivity index (χ3n) is 3.79. The van der Waals surface area contributed by atoms with Crippen molar-refractivity contribution in [2.75, 3.05) is 6.61 Å². The summed E-state index contributed by atoms with van der Waals surface area (Å²) in [6, 6.07) is 9.91. The van der Waals surface area contributed by atoms with Crippen molar-refractivity contribution >= 4 is 5.91 Å². The Morgan fingerprint density at radius 1 is 1.08 bits per heavy atom. The van der Waals surface area contributed by atoms with Gasteiger partial charge in [0.25, 0.3) is 0 Å². The lowest BCUT2D eigenvalue weighted by atomic mass is 9.97. The van der Waals surface area contributed by atoms with Gasteiger partial charge in [0.15, 0.2) is 17.5 Å². The summed E-state index contributed by atoms with van der Waals surface area (Å²) >= 11 is 0. The van der Waals surface area contributed by atoms with Crippen LogP contribution in [0.2, 0.25) is 0 Å². The molecule has 2 unspecified atom stereocenters. The standard InChI is InChI=1S/C18H18F3NO2/c1-11(12-5-3-2-4-6-12)7-17(24)22-16(10-23)13-8-14(19)18(21)15(20)9-13/h2-6,8-9,11,16,23H,7,10H2,1H3,(H,22,24). The van der Waals surface area contributed by atoms with Gasteiger partial charge >= 0.3 is 0 Å². The van der Waals surface area contributed by atoms with Crippen LogP contribution in [0.15, 0.2) is 42.5 Å². The molecule has 2 aromatic carbocycles. The zero-order chi connectivity index (χ0) is 17.7. The Hall–Kier alpha value is -2.34. The van der Waals surface area contributed by atoms with Gasteiger partial charge in [-0.3, -0.25) is 4.79 Å². The maximum atomic E-state index is 13.3. The van der Waals surface area contributed by atoms with Crippen LogP contribution >= 0.6 is 0 Å². The molecule has 2 rings (SSSR count). The summed E-state index contributed by atoms with van der Waals surface area (Å²) in [5.41, 5.74) is 0.946. The Kier molecular flexibility index (Phi) is 5.98. The van der Waals surface area contributed by atoms with Crippen LogP contribution in [-0.2, 0) is 4.79 Å². The van der Waals surface area contributed by atoms with E-state index in [4.69, 9.17) is 0 Å². The molecule has 0 saturated heterocycles. The first-order valence-corrected chi connectivity index (χ1v) is 7.52. The molecular formula is C18H18F3NO2. The molecule has 24 heavy (non-hydrogen) atoms. The summed E-state index contributed by atoms with van der Waals surface area (Å²) in [7, 11) is 0. The van der Waals surface area contributed by atoms with Crippen molar-refractivity contribution in [3.8, 4) is 0 Å². The molecule has 0 aliphatic heterocycles. The fourth-order valence-electron chi connectivity index (χ4n) is 2.44. The number of hydrogen-bond donors (Lipinski definition) is 2. The number of rotatable bonds is 6. The van der Waals surface area contributed by atoms with Crippen LogP contribution in [0, 0.1) is 17.5 Å². The van der Waals surface area contributed by atoms with Gasteiger partial charge < -0.3 is 10.4 Å². The van der Waals surface area contributed by atoms with Gasteiger partial charge in [-0.15, -0.1) is 0 Å². The van der Waals surface area contributed by atoms with E-state index in [0.717, 1.165) is 17.7 Å². The van der Waals surface area contributed by atoms with E-state index in [1.807, 2.05) is 37.3 Å². The van der Waals surface area contributed by atoms with Gasteiger partial charge in [-0.1, -0.05) is 37.3 Å². The number of carbonyl (C=O) groups excluding carboxylic acids is 1. The van der Waals surface area contributed by atoms with E-state index in [9.17, 15) is 23.1 Å². The highest BCUT2D eigenvalue weighted by atomic mass is 19.2. The van der Waals surface area contributed by atoms with E-state index in [0.29, 0.717) is 0 Å². The first kappa shape index (κ1) is 18.0. The molecule has 0 spiro atoms. The van der Waals surface area contributed by atoms with E-state index in [2.05, 4.69) is 5.32 Å². The zero-order valence-electron chi connectivity index (χ0n) is 13.1. The van der Waals surface area contributed by atoms with Crippen molar-refractivity contribution in [1.82, 2.24) is 5.32 Å². The van der Waals surface area contributed by atoms with Crippen LogP contribution in [0.3, 0.4) is 0 Å².